The van der Waals surface area contributed by atoms with Gasteiger partial charge in [0.15, 0.2) is 6.61 Å². The predicted molar refractivity (Wildman–Crippen MR) is 101 cm³/mol. The molecule has 0 atom stereocenters. The molecule has 0 saturated carbocycles. The van der Waals surface area contributed by atoms with Crippen molar-refractivity contribution in [1.82, 2.24) is 5.32 Å². The first-order valence-electron chi connectivity index (χ1n) is 8.49. The number of anilines is 1. The molecule has 0 fully saturated rings. The third kappa shape index (κ3) is 6.14. The van der Waals surface area contributed by atoms with Gasteiger partial charge in [-0.05, 0) is 42.3 Å². The molecular formula is C20H22N2O5. The topological polar surface area (TPSA) is 93.7 Å². The second-order valence-corrected chi connectivity index (χ2v) is 5.64. The Hall–Kier alpha value is -3.35. The zero-order chi connectivity index (χ0) is 19.6. The Bertz CT molecular complexity index is 802. The van der Waals surface area contributed by atoms with Crippen molar-refractivity contribution in [2.24, 2.45) is 0 Å². The quantitative estimate of drug-likeness (QED) is 0.695. The highest BCUT2D eigenvalue weighted by Crippen LogP contribution is 2.15. The van der Waals surface area contributed by atoms with Gasteiger partial charge in [-0.2, -0.15) is 0 Å². The molecule has 2 aromatic carbocycles. The molecule has 0 aliphatic heterocycles. The normalized spacial score (nSPS) is 10.0. The number of benzene rings is 2. The van der Waals surface area contributed by atoms with E-state index in [2.05, 4.69) is 10.6 Å². The van der Waals surface area contributed by atoms with Crippen molar-refractivity contribution >= 4 is 23.5 Å². The third-order valence-corrected chi connectivity index (χ3v) is 3.78. The minimum atomic E-state index is -0.630. The van der Waals surface area contributed by atoms with Crippen LogP contribution in [0.4, 0.5) is 5.69 Å². The van der Waals surface area contributed by atoms with Crippen LogP contribution in [0.2, 0.25) is 0 Å². The van der Waals surface area contributed by atoms with E-state index in [9.17, 15) is 14.4 Å². The molecule has 142 valence electrons. The van der Waals surface area contributed by atoms with E-state index in [-0.39, 0.29) is 12.5 Å². The largest absolute Gasteiger partial charge is 0.497 e. The lowest BCUT2D eigenvalue weighted by atomic mass is 10.1. The minimum absolute atomic E-state index is 0.211. The van der Waals surface area contributed by atoms with E-state index >= 15 is 0 Å². The number of aryl methyl sites for hydroxylation is 1. The first kappa shape index (κ1) is 20.0. The van der Waals surface area contributed by atoms with Gasteiger partial charge in [0.2, 0.25) is 5.91 Å². The minimum Gasteiger partial charge on any atom is -0.497 e. The highest BCUT2D eigenvalue weighted by atomic mass is 16.5. The summed E-state index contributed by atoms with van der Waals surface area (Å²) in [5, 5.41) is 5.16. The Morgan fingerprint density at radius 1 is 0.963 bits per heavy atom. The van der Waals surface area contributed by atoms with Gasteiger partial charge in [0, 0.05) is 5.69 Å². The van der Waals surface area contributed by atoms with Gasteiger partial charge in [-0.3, -0.25) is 9.59 Å². The van der Waals surface area contributed by atoms with Crippen molar-refractivity contribution < 1.29 is 23.9 Å². The second kappa shape index (κ2) is 9.96. The fraction of sp³-hybridized carbons (Fsp3) is 0.250. The molecule has 27 heavy (non-hydrogen) atoms. The molecule has 0 heterocycles. The summed E-state index contributed by atoms with van der Waals surface area (Å²) in [7, 11) is 1.52. The number of methoxy groups -OCH3 is 1. The van der Waals surface area contributed by atoms with Crippen molar-refractivity contribution in [3.05, 3.63) is 59.7 Å². The van der Waals surface area contributed by atoms with Gasteiger partial charge >= 0.3 is 5.97 Å². The van der Waals surface area contributed by atoms with E-state index in [1.54, 1.807) is 18.2 Å². The molecule has 0 radical (unpaired) electrons. The molecule has 0 saturated heterocycles. The van der Waals surface area contributed by atoms with E-state index < -0.39 is 18.5 Å². The monoisotopic (exact) mass is 370 g/mol. The Kier molecular flexibility index (Phi) is 7.37. The molecule has 0 bridgehead atoms. The van der Waals surface area contributed by atoms with Gasteiger partial charge in [-0.15, -0.1) is 0 Å². The maximum atomic E-state index is 12.0. The molecule has 2 N–H and O–H groups in total. The number of nitrogens with one attached hydrogen (secondary N) is 2. The summed E-state index contributed by atoms with van der Waals surface area (Å²) in [5.74, 6) is -0.935. The van der Waals surface area contributed by atoms with Crippen LogP contribution in [0.5, 0.6) is 5.75 Å². The molecule has 7 heteroatoms. The summed E-state index contributed by atoms with van der Waals surface area (Å²) in [6, 6.07) is 13.8. The number of hydrogen-bond donors (Lipinski definition) is 2. The highest BCUT2D eigenvalue weighted by molar-refractivity contribution is 5.96. The van der Waals surface area contributed by atoms with Gasteiger partial charge in [-0.1, -0.05) is 25.1 Å². The van der Waals surface area contributed by atoms with Crippen LogP contribution in [0.25, 0.3) is 0 Å². The first-order valence-corrected chi connectivity index (χ1v) is 8.49. The average Bonchev–Trinajstić information content (AvgIpc) is 2.71. The predicted octanol–water partition coefficient (Wildman–Crippen LogP) is 2.17. The lowest BCUT2D eigenvalue weighted by Gasteiger charge is -2.10. The summed E-state index contributed by atoms with van der Waals surface area (Å²) in [5.41, 5.74) is 2.02. The summed E-state index contributed by atoms with van der Waals surface area (Å²) in [6.45, 7) is 1.31. The molecule has 2 aromatic rings. The van der Waals surface area contributed by atoms with Gasteiger partial charge in [0.25, 0.3) is 5.91 Å². The van der Waals surface area contributed by atoms with Crippen molar-refractivity contribution in [3.8, 4) is 5.75 Å². The van der Waals surface area contributed by atoms with Crippen LogP contribution in [-0.4, -0.2) is 38.0 Å². The molecule has 2 rings (SSSR count). The smallest absolute Gasteiger partial charge is 0.338 e. The van der Waals surface area contributed by atoms with E-state index in [1.807, 2.05) is 25.1 Å². The molecule has 0 aliphatic carbocycles. The van der Waals surface area contributed by atoms with Crippen LogP contribution in [0.15, 0.2) is 48.5 Å². The van der Waals surface area contributed by atoms with Gasteiger partial charge in [0.1, 0.15) is 5.75 Å². The molecular weight excluding hydrogens is 348 g/mol. The molecule has 0 unspecified atom stereocenters. The first-order chi connectivity index (χ1) is 13.0. The fourth-order valence-electron chi connectivity index (χ4n) is 2.32. The molecule has 0 spiro atoms. The summed E-state index contributed by atoms with van der Waals surface area (Å²) in [6.07, 6.45) is 0.782. The van der Waals surface area contributed by atoms with Crippen LogP contribution in [0.3, 0.4) is 0 Å². The summed E-state index contributed by atoms with van der Waals surface area (Å²) >= 11 is 0. The van der Waals surface area contributed by atoms with Crippen LogP contribution < -0.4 is 15.4 Å². The van der Waals surface area contributed by atoms with Crippen molar-refractivity contribution in [3.63, 3.8) is 0 Å². The van der Waals surface area contributed by atoms with E-state index in [0.29, 0.717) is 17.0 Å². The van der Waals surface area contributed by atoms with Gasteiger partial charge in [-0.25, -0.2) is 4.79 Å². The van der Waals surface area contributed by atoms with Crippen molar-refractivity contribution in [1.29, 1.82) is 0 Å². The zero-order valence-electron chi connectivity index (χ0n) is 15.3. The third-order valence-electron chi connectivity index (χ3n) is 3.78. The summed E-state index contributed by atoms with van der Waals surface area (Å²) < 4.78 is 9.93. The lowest BCUT2D eigenvalue weighted by molar-refractivity contribution is -0.126. The number of carbonyl (C=O) groups excluding carboxylic acids is 3. The Morgan fingerprint density at radius 3 is 2.33 bits per heavy atom. The second-order valence-electron chi connectivity index (χ2n) is 5.64. The number of carbonyl (C=O) groups is 3. The van der Waals surface area contributed by atoms with E-state index in [1.165, 1.54) is 19.2 Å². The molecule has 0 aromatic heterocycles. The van der Waals surface area contributed by atoms with Crippen LogP contribution in [0.1, 0.15) is 22.8 Å². The Morgan fingerprint density at radius 2 is 1.67 bits per heavy atom. The SMILES string of the molecule is CCc1ccccc1NC(=O)CNC(=O)COC(=O)c1ccc(OC)cc1. The number of esters is 1. The molecule has 0 aliphatic rings. The maximum absolute atomic E-state index is 12.0. The van der Waals surface area contributed by atoms with Gasteiger partial charge < -0.3 is 20.1 Å². The average molecular weight is 370 g/mol. The van der Waals surface area contributed by atoms with Crippen molar-refractivity contribution in [2.45, 2.75) is 13.3 Å². The Balaban J connectivity index is 1.75. The standard InChI is InChI=1S/C20H22N2O5/c1-3-14-6-4-5-7-17(14)22-18(23)12-21-19(24)13-27-20(25)15-8-10-16(26-2)11-9-15/h4-11H,3,12-13H2,1-2H3,(H,21,24)(H,22,23). The van der Waals surface area contributed by atoms with Crippen LogP contribution in [0, 0.1) is 0 Å². The lowest BCUT2D eigenvalue weighted by Crippen LogP contribution is -2.35. The number of hydrogen-bond acceptors (Lipinski definition) is 5. The zero-order valence-corrected chi connectivity index (χ0v) is 15.3. The van der Waals surface area contributed by atoms with Crippen molar-refractivity contribution in [2.75, 3.05) is 25.6 Å². The molecule has 7 nitrogen and oxygen atoms in total. The molecule has 2 amide bonds. The van der Waals surface area contributed by atoms with E-state index in [4.69, 9.17) is 9.47 Å². The number of para-hydroxylation sites is 1. The number of amides is 2. The highest BCUT2D eigenvalue weighted by Gasteiger charge is 2.12. The number of rotatable bonds is 8. The Labute approximate surface area is 157 Å². The van der Waals surface area contributed by atoms with E-state index in [0.717, 1.165) is 12.0 Å². The van der Waals surface area contributed by atoms with Gasteiger partial charge in [0.05, 0.1) is 19.2 Å². The fourth-order valence-corrected chi connectivity index (χ4v) is 2.32. The summed E-state index contributed by atoms with van der Waals surface area (Å²) in [4.78, 5) is 35.6. The number of ether oxygens (including phenoxy) is 2. The van der Waals surface area contributed by atoms with Crippen LogP contribution in [-0.2, 0) is 20.7 Å². The van der Waals surface area contributed by atoms with Crippen LogP contribution >= 0.6 is 0 Å². The maximum Gasteiger partial charge on any atom is 0.338 e.